The third-order valence-electron chi connectivity index (χ3n) is 4.55. The summed E-state index contributed by atoms with van der Waals surface area (Å²) in [5.41, 5.74) is 1.09. The van der Waals surface area contributed by atoms with Crippen molar-refractivity contribution in [2.45, 2.75) is 25.8 Å². The van der Waals surface area contributed by atoms with Crippen molar-refractivity contribution in [3.8, 4) is 0 Å². The van der Waals surface area contributed by atoms with Gasteiger partial charge in [0.15, 0.2) is 6.61 Å². The molecule has 1 aliphatic heterocycles. The number of nitrogens with zero attached hydrogens (tertiary/aromatic N) is 1. The van der Waals surface area contributed by atoms with Crippen LogP contribution in [0.15, 0.2) is 18.2 Å². The summed E-state index contributed by atoms with van der Waals surface area (Å²) in [6, 6.07) is 5.62. The molecule has 1 aromatic rings. The average Bonchev–Trinajstić information content (AvgIpc) is 2.63. The number of likely N-dealkylation sites (tertiary alicyclic amines) is 1. The number of benzene rings is 1. The summed E-state index contributed by atoms with van der Waals surface area (Å²) >= 11 is 12.2. The predicted molar refractivity (Wildman–Crippen MR) is 102 cm³/mol. The first-order valence-corrected chi connectivity index (χ1v) is 9.51. The van der Waals surface area contributed by atoms with E-state index in [9.17, 15) is 9.59 Å². The molecule has 1 fully saturated rings. The highest BCUT2D eigenvalue weighted by molar-refractivity contribution is 6.35. The smallest absolute Gasteiger partial charge is 0.407 e. The van der Waals surface area contributed by atoms with Crippen LogP contribution in [0, 0.1) is 5.92 Å². The molecular formula is C18H25Cl2N3O3. The molecule has 2 rings (SSSR count). The standard InChI is InChI=1S/C18H25Cl2N3O3/c1-21-17(24)12-26-18(25)22-7-4-13-5-8-23(9-6-13)11-14-2-3-15(19)10-16(14)20/h2-3,10,13H,4-9,11-12H2,1H3,(H,21,24)(H,22,25). The van der Waals surface area contributed by atoms with E-state index in [0.717, 1.165) is 44.5 Å². The molecule has 1 aromatic carbocycles. The molecule has 8 heteroatoms. The average molecular weight is 402 g/mol. The number of carbonyl (C=O) groups is 2. The zero-order chi connectivity index (χ0) is 18.9. The Kier molecular flexibility index (Phi) is 8.48. The second-order valence-electron chi connectivity index (χ2n) is 6.42. The number of alkyl carbamates (subject to hydrolysis) is 1. The highest BCUT2D eigenvalue weighted by atomic mass is 35.5. The lowest BCUT2D eigenvalue weighted by molar-refractivity contribution is -0.123. The molecule has 0 aromatic heterocycles. The van der Waals surface area contributed by atoms with Crippen LogP contribution < -0.4 is 10.6 Å². The molecule has 1 saturated heterocycles. The Hall–Kier alpha value is -1.50. The largest absolute Gasteiger partial charge is 0.439 e. The van der Waals surface area contributed by atoms with Gasteiger partial charge in [-0.3, -0.25) is 9.69 Å². The number of rotatable bonds is 7. The second-order valence-corrected chi connectivity index (χ2v) is 7.26. The van der Waals surface area contributed by atoms with E-state index in [1.165, 1.54) is 7.05 Å². The maximum Gasteiger partial charge on any atom is 0.407 e. The fourth-order valence-corrected chi connectivity index (χ4v) is 3.42. The quantitative estimate of drug-likeness (QED) is 0.736. The topological polar surface area (TPSA) is 70.7 Å². The molecule has 0 aliphatic carbocycles. The number of piperidine rings is 1. The van der Waals surface area contributed by atoms with Gasteiger partial charge in [-0.05, 0) is 56.0 Å². The Morgan fingerprint density at radius 1 is 1.27 bits per heavy atom. The maximum absolute atomic E-state index is 11.5. The third-order valence-corrected chi connectivity index (χ3v) is 5.14. The number of halogens is 2. The van der Waals surface area contributed by atoms with Crippen molar-refractivity contribution in [3.05, 3.63) is 33.8 Å². The zero-order valence-electron chi connectivity index (χ0n) is 14.9. The van der Waals surface area contributed by atoms with Gasteiger partial charge in [-0.25, -0.2) is 4.79 Å². The summed E-state index contributed by atoms with van der Waals surface area (Å²) < 4.78 is 4.79. The summed E-state index contributed by atoms with van der Waals surface area (Å²) in [6.07, 6.45) is 2.52. The lowest BCUT2D eigenvalue weighted by atomic mass is 9.93. The normalized spacial score (nSPS) is 15.5. The Morgan fingerprint density at radius 3 is 2.65 bits per heavy atom. The van der Waals surface area contributed by atoms with Crippen LogP contribution >= 0.6 is 23.2 Å². The van der Waals surface area contributed by atoms with Gasteiger partial charge in [-0.15, -0.1) is 0 Å². The molecule has 0 unspecified atom stereocenters. The van der Waals surface area contributed by atoms with Crippen molar-refractivity contribution in [2.75, 3.05) is 33.3 Å². The van der Waals surface area contributed by atoms with Gasteiger partial charge in [0.1, 0.15) is 0 Å². The molecule has 2 N–H and O–H groups in total. The minimum atomic E-state index is -0.552. The zero-order valence-corrected chi connectivity index (χ0v) is 16.4. The van der Waals surface area contributed by atoms with E-state index in [1.807, 2.05) is 12.1 Å². The lowest BCUT2D eigenvalue weighted by Gasteiger charge is -2.32. The Labute approximate surface area is 164 Å². The van der Waals surface area contributed by atoms with E-state index < -0.39 is 6.09 Å². The minimum Gasteiger partial charge on any atom is -0.439 e. The molecule has 1 heterocycles. The molecule has 6 nitrogen and oxygen atoms in total. The Morgan fingerprint density at radius 2 is 2.00 bits per heavy atom. The SMILES string of the molecule is CNC(=O)COC(=O)NCCC1CCN(Cc2ccc(Cl)cc2Cl)CC1. The van der Waals surface area contributed by atoms with Crippen LogP contribution in [0.5, 0.6) is 0 Å². The summed E-state index contributed by atoms with van der Waals surface area (Å²) in [4.78, 5) is 24.9. The first-order chi connectivity index (χ1) is 12.5. The molecule has 0 spiro atoms. The van der Waals surface area contributed by atoms with E-state index in [2.05, 4.69) is 15.5 Å². The van der Waals surface area contributed by atoms with Crippen LogP contribution in [-0.2, 0) is 16.1 Å². The molecule has 1 aliphatic rings. The van der Waals surface area contributed by atoms with Crippen molar-refractivity contribution >= 4 is 35.2 Å². The van der Waals surface area contributed by atoms with Gasteiger partial charge in [-0.2, -0.15) is 0 Å². The maximum atomic E-state index is 11.5. The molecule has 144 valence electrons. The van der Waals surface area contributed by atoms with Gasteiger partial charge in [0, 0.05) is 30.2 Å². The first-order valence-electron chi connectivity index (χ1n) is 8.75. The number of hydrogen-bond acceptors (Lipinski definition) is 4. The van der Waals surface area contributed by atoms with E-state index in [4.69, 9.17) is 27.9 Å². The van der Waals surface area contributed by atoms with E-state index >= 15 is 0 Å². The predicted octanol–water partition coefficient (Wildman–Crippen LogP) is 3.07. The van der Waals surface area contributed by atoms with Crippen LogP contribution in [0.4, 0.5) is 4.79 Å². The number of hydrogen-bond donors (Lipinski definition) is 2. The monoisotopic (exact) mass is 401 g/mol. The number of carbonyl (C=O) groups excluding carboxylic acids is 2. The van der Waals surface area contributed by atoms with Crippen molar-refractivity contribution in [1.29, 1.82) is 0 Å². The molecule has 2 amide bonds. The van der Waals surface area contributed by atoms with Crippen LogP contribution in [0.3, 0.4) is 0 Å². The summed E-state index contributed by atoms with van der Waals surface area (Å²) in [5, 5.41) is 6.44. The minimum absolute atomic E-state index is 0.256. The fourth-order valence-electron chi connectivity index (χ4n) is 2.96. The number of amides is 2. The highest BCUT2D eigenvalue weighted by Crippen LogP contribution is 2.25. The molecule has 0 atom stereocenters. The van der Waals surface area contributed by atoms with Gasteiger partial charge in [0.05, 0.1) is 0 Å². The summed E-state index contributed by atoms with van der Waals surface area (Å²) in [7, 11) is 1.50. The molecule has 0 saturated carbocycles. The van der Waals surface area contributed by atoms with Gasteiger partial charge in [0.25, 0.3) is 5.91 Å². The van der Waals surface area contributed by atoms with Gasteiger partial charge in [0.2, 0.25) is 0 Å². The number of nitrogens with one attached hydrogen (secondary N) is 2. The van der Waals surface area contributed by atoms with Crippen LogP contribution in [0.25, 0.3) is 0 Å². The number of likely N-dealkylation sites (N-methyl/N-ethyl adjacent to an activating group) is 1. The van der Waals surface area contributed by atoms with E-state index in [-0.39, 0.29) is 12.5 Å². The Bertz CT molecular complexity index is 620. The van der Waals surface area contributed by atoms with Crippen molar-refractivity contribution in [2.24, 2.45) is 5.92 Å². The second kappa shape index (κ2) is 10.6. The van der Waals surface area contributed by atoms with Crippen LogP contribution in [0.2, 0.25) is 10.0 Å². The molecule has 0 radical (unpaired) electrons. The number of ether oxygens (including phenoxy) is 1. The fraction of sp³-hybridized carbons (Fsp3) is 0.556. The van der Waals surface area contributed by atoms with Crippen molar-refractivity contribution < 1.29 is 14.3 Å². The first kappa shape index (κ1) is 20.8. The van der Waals surface area contributed by atoms with Gasteiger partial charge < -0.3 is 15.4 Å². The van der Waals surface area contributed by atoms with Crippen LogP contribution in [0.1, 0.15) is 24.8 Å². The Balaban J connectivity index is 1.62. The van der Waals surface area contributed by atoms with Crippen molar-refractivity contribution in [3.63, 3.8) is 0 Å². The summed E-state index contributed by atoms with van der Waals surface area (Å²) in [5.74, 6) is 0.250. The van der Waals surface area contributed by atoms with Gasteiger partial charge >= 0.3 is 6.09 Å². The summed E-state index contributed by atoms with van der Waals surface area (Å²) in [6.45, 7) is 3.14. The molecule has 26 heavy (non-hydrogen) atoms. The molecule has 0 bridgehead atoms. The van der Waals surface area contributed by atoms with Crippen molar-refractivity contribution in [1.82, 2.24) is 15.5 Å². The van der Waals surface area contributed by atoms with Crippen LogP contribution in [-0.4, -0.2) is 50.2 Å². The van der Waals surface area contributed by atoms with Gasteiger partial charge in [-0.1, -0.05) is 29.3 Å². The van der Waals surface area contributed by atoms with E-state index in [0.29, 0.717) is 22.5 Å². The highest BCUT2D eigenvalue weighted by Gasteiger charge is 2.20. The third kappa shape index (κ3) is 7.02. The molecular weight excluding hydrogens is 377 g/mol. The van der Waals surface area contributed by atoms with E-state index in [1.54, 1.807) is 6.07 Å². The lowest BCUT2D eigenvalue weighted by Crippen LogP contribution is -2.35.